The molecular formula is C24H24O5. The fraction of sp³-hybridized carbons (Fsp3) is 0.333. The van der Waals surface area contributed by atoms with Crippen molar-refractivity contribution < 1.29 is 24.2 Å². The number of aromatic hydroxyl groups is 1. The minimum absolute atomic E-state index is 0.0354. The van der Waals surface area contributed by atoms with Gasteiger partial charge in [-0.15, -0.1) is 0 Å². The van der Waals surface area contributed by atoms with Crippen LogP contribution in [-0.4, -0.2) is 23.8 Å². The minimum Gasteiger partial charge on any atom is -0.508 e. The van der Waals surface area contributed by atoms with E-state index in [2.05, 4.69) is 0 Å². The molecule has 0 fully saturated rings. The molecule has 0 saturated heterocycles. The molecule has 1 aliphatic heterocycles. The number of hydrogen-bond donors (Lipinski definition) is 1. The highest BCUT2D eigenvalue weighted by atomic mass is 16.5. The van der Waals surface area contributed by atoms with Crippen molar-refractivity contribution in [1.82, 2.24) is 0 Å². The average Bonchev–Trinajstić information content (AvgIpc) is 2.66. The minimum atomic E-state index is -0.381. The second kappa shape index (κ2) is 7.07. The molecule has 5 nitrogen and oxygen atoms in total. The number of allylic oxidation sites excluding steroid dienone is 2. The van der Waals surface area contributed by atoms with Gasteiger partial charge < -0.3 is 14.6 Å². The molecule has 1 atom stereocenters. The summed E-state index contributed by atoms with van der Waals surface area (Å²) in [6.07, 6.45) is 1.22. The number of phenolic OH excluding ortho intramolecular Hbond substituents is 1. The fourth-order valence-electron chi connectivity index (χ4n) is 4.28. The van der Waals surface area contributed by atoms with E-state index in [1.165, 1.54) is 12.1 Å². The molecule has 0 spiro atoms. The van der Waals surface area contributed by atoms with Gasteiger partial charge in [0.1, 0.15) is 11.5 Å². The first-order chi connectivity index (χ1) is 13.8. The highest BCUT2D eigenvalue weighted by Crippen LogP contribution is 2.51. The van der Waals surface area contributed by atoms with Crippen molar-refractivity contribution >= 4 is 11.6 Å². The van der Waals surface area contributed by atoms with Gasteiger partial charge in [0.15, 0.2) is 23.1 Å². The molecule has 150 valence electrons. The average molecular weight is 392 g/mol. The van der Waals surface area contributed by atoms with Crippen LogP contribution >= 0.6 is 0 Å². The maximum Gasteiger partial charge on any atom is 0.172 e. The van der Waals surface area contributed by atoms with Gasteiger partial charge in [-0.1, -0.05) is 26.0 Å². The molecular weight excluding hydrogens is 368 g/mol. The maximum absolute atomic E-state index is 13.1. The van der Waals surface area contributed by atoms with Gasteiger partial charge in [-0.05, 0) is 35.7 Å². The van der Waals surface area contributed by atoms with Crippen LogP contribution in [0.1, 0.15) is 54.9 Å². The van der Waals surface area contributed by atoms with E-state index in [9.17, 15) is 14.7 Å². The van der Waals surface area contributed by atoms with Gasteiger partial charge in [0.2, 0.25) is 0 Å². The molecule has 29 heavy (non-hydrogen) atoms. The van der Waals surface area contributed by atoms with E-state index in [1.54, 1.807) is 19.2 Å². The lowest BCUT2D eigenvalue weighted by Gasteiger charge is -2.38. The Balaban J connectivity index is 1.79. The number of phenols is 1. The van der Waals surface area contributed by atoms with Gasteiger partial charge in [0.05, 0.1) is 7.11 Å². The molecule has 0 aromatic heterocycles. The third kappa shape index (κ3) is 3.53. The summed E-state index contributed by atoms with van der Waals surface area (Å²) in [7, 11) is 1.58. The van der Waals surface area contributed by atoms with Crippen LogP contribution in [-0.2, 0) is 4.79 Å². The van der Waals surface area contributed by atoms with Gasteiger partial charge in [-0.2, -0.15) is 0 Å². The first-order valence-corrected chi connectivity index (χ1v) is 9.72. The van der Waals surface area contributed by atoms with Gasteiger partial charge in [0.25, 0.3) is 0 Å². The predicted molar refractivity (Wildman–Crippen MR) is 108 cm³/mol. The summed E-state index contributed by atoms with van der Waals surface area (Å²) in [5, 5.41) is 9.49. The van der Waals surface area contributed by atoms with E-state index in [0.29, 0.717) is 41.2 Å². The number of carbonyl (C=O) groups is 2. The summed E-state index contributed by atoms with van der Waals surface area (Å²) in [6, 6.07) is 11.7. The van der Waals surface area contributed by atoms with Gasteiger partial charge in [-0.3, -0.25) is 9.59 Å². The molecule has 0 radical (unpaired) electrons. The van der Waals surface area contributed by atoms with Crippen molar-refractivity contribution in [3.8, 4) is 17.2 Å². The Morgan fingerprint density at radius 1 is 1.17 bits per heavy atom. The molecule has 2 aromatic rings. The van der Waals surface area contributed by atoms with E-state index in [4.69, 9.17) is 9.47 Å². The number of methoxy groups -OCH3 is 1. The summed E-state index contributed by atoms with van der Waals surface area (Å²) in [6.45, 7) is 4.10. The predicted octanol–water partition coefficient (Wildman–Crippen LogP) is 4.79. The SMILES string of the molecule is COc1cccc2c1OC1=C(C(=O)CC(C)(C)C1)[C@H]2CC(=O)c1ccc(O)cc1. The number of fused-ring (bicyclic) bond motifs is 1. The van der Waals surface area contributed by atoms with Gasteiger partial charge in [0, 0.05) is 41.9 Å². The highest BCUT2D eigenvalue weighted by molar-refractivity contribution is 6.02. The van der Waals surface area contributed by atoms with Crippen LogP contribution in [0.15, 0.2) is 53.8 Å². The number of ketones is 2. The molecule has 0 saturated carbocycles. The largest absolute Gasteiger partial charge is 0.508 e. The number of hydrogen-bond acceptors (Lipinski definition) is 5. The summed E-state index contributed by atoms with van der Waals surface area (Å²) >= 11 is 0. The van der Waals surface area contributed by atoms with Crippen molar-refractivity contribution in [3.05, 3.63) is 64.9 Å². The molecule has 0 amide bonds. The van der Waals surface area contributed by atoms with Crippen LogP contribution in [0.2, 0.25) is 0 Å². The Hall–Kier alpha value is -3.08. The Kier molecular flexibility index (Phi) is 4.69. The van der Waals surface area contributed by atoms with Crippen molar-refractivity contribution in [3.63, 3.8) is 0 Å². The van der Waals surface area contributed by atoms with E-state index in [1.807, 2.05) is 32.0 Å². The van der Waals surface area contributed by atoms with Crippen LogP contribution in [0.25, 0.3) is 0 Å². The van der Waals surface area contributed by atoms with Crippen LogP contribution in [0, 0.1) is 5.41 Å². The van der Waals surface area contributed by atoms with Crippen molar-refractivity contribution in [2.24, 2.45) is 5.41 Å². The Bertz CT molecular complexity index is 1010. The summed E-state index contributed by atoms with van der Waals surface area (Å²) in [5.74, 6) is 1.50. The molecule has 1 heterocycles. The summed E-state index contributed by atoms with van der Waals surface area (Å²) in [4.78, 5) is 26.1. The lowest BCUT2D eigenvalue weighted by Crippen LogP contribution is -2.33. The zero-order chi connectivity index (χ0) is 20.8. The summed E-state index contributed by atoms with van der Waals surface area (Å²) < 4.78 is 11.7. The first-order valence-electron chi connectivity index (χ1n) is 9.72. The molecule has 1 aliphatic carbocycles. The van der Waals surface area contributed by atoms with E-state index in [0.717, 1.165) is 5.56 Å². The monoisotopic (exact) mass is 392 g/mol. The molecule has 5 heteroatoms. The van der Waals surface area contributed by atoms with E-state index >= 15 is 0 Å². The van der Waals surface area contributed by atoms with Gasteiger partial charge >= 0.3 is 0 Å². The topological polar surface area (TPSA) is 72.8 Å². The lowest BCUT2D eigenvalue weighted by atomic mass is 9.70. The molecule has 4 rings (SSSR count). The van der Waals surface area contributed by atoms with Crippen LogP contribution in [0.3, 0.4) is 0 Å². The van der Waals surface area contributed by atoms with Crippen LogP contribution < -0.4 is 9.47 Å². The fourth-order valence-corrected chi connectivity index (χ4v) is 4.28. The highest BCUT2D eigenvalue weighted by Gasteiger charge is 2.42. The van der Waals surface area contributed by atoms with E-state index in [-0.39, 0.29) is 35.1 Å². The normalized spacial score (nSPS) is 19.8. The third-order valence-corrected chi connectivity index (χ3v) is 5.64. The van der Waals surface area contributed by atoms with Crippen molar-refractivity contribution in [1.29, 1.82) is 0 Å². The summed E-state index contributed by atoms with van der Waals surface area (Å²) in [5.41, 5.74) is 1.71. The Morgan fingerprint density at radius 3 is 2.59 bits per heavy atom. The number of para-hydroxylation sites is 1. The van der Waals surface area contributed by atoms with Crippen molar-refractivity contribution in [2.45, 2.75) is 39.0 Å². The Labute approximate surface area is 170 Å². The number of benzene rings is 2. The number of rotatable bonds is 4. The van der Waals surface area contributed by atoms with Crippen molar-refractivity contribution in [2.75, 3.05) is 7.11 Å². The molecule has 0 bridgehead atoms. The zero-order valence-electron chi connectivity index (χ0n) is 16.8. The number of ether oxygens (including phenoxy) is 2. The molecule has 2 aliphatic rings. The number of carbonyl (C=O) groups excluding carboxylic acids is 2. The molecule has 2 aromatic carbocycles. The quantitative estimate of drug-likeness (QED) is 0.757. The first kappa shape index (κ1) is 19.2. The maximum atomic E-state index is 13.1. The molecule has 1 N–H and O–H groups in total. The zero-order valence-corrected chi connectivity index (χ0v) is 16.8. The molecule has 0 unspecified atom stereocenters. The second-order valence-electron chi connectivity index (χ2n) is 8.49. The van der Waals surface area contributed by atoms with Crippen LogP contribution in [0.4, 0.5) is 0 Å². The smallest absolute Gasteiger partial charge is 0.172 e. The lowest BCUT2D eigenvalue weighted by molar-refractivity contribution is -0.118. The van der Waals surface area contributed by atoms with Gasteiger partial charge in [-0.25, -0.2) is 0 Å². The second-order valence-corrected chi connectivity index (χ2v) is 8.49. The van der Waals surface area contributed by atoms with E-state index < -0.39 is 0 Å². The Morgan fingerprint density at radius 2 is 1.90 bits per heavy atom. The number of Topliss-reactive ketones (excluding diaryl/α,β-unsaturated/α-hetero) is 2. The van der Waals surface area contributed by atoms with Crippen LogP contribution in [0.5, 0.6) is 17.2 Å². The standard InChI is InChI=1S/C24H24O5/c1-24(2)12-19(27)22-17(11-18(26)14-7-9-15(25)10-8-14)16-5-4-6-20(28-3)23(16)29-21(22)13-24/h4-10,17,25H,11-13H2,1-3H3/t17-/m0/s1. The third-order valence-electron chi connectivity index (χ3n) is 5.64.